The van der Waals surface area contributed by atoms with E-state index in [0.29, 0.717) is 0 Å². The van der Waals surface area contributed by atoms with E-state index in [-0.39, 0.29) is 6.10 Å². The number of rotatable bonds is 2. The molecule has 0 fully saturated rings. The zero-order valence-electron chi connectivity index (χ0n) is 12.0. The Balaban J connectivity index is 0. The van der Waals surface area contributed by atoms with E-state index in [1.165, 1.54) is 12.0 Å². The molecule has 0 atom stereocenters. The summed E-state index contributed by atoms with van der Waals surface area (Å²) in [5.41, 5.74) is 1.20. The van der Waals surface area contributed by atoms with E-state index >= 15 is 0 Å². The summed E-state index contributed by atoms with van der Waals surface area (Å²) in [5, 5.41) is 0. The molecule has 94 valence electrons. The van der Waals surface area contributed by atoms with Crippen molar-refractivity contribution in [2.24, 2.45) is 0 Å². The number of ether oxygens (including phenoxy) is 1. The van der Waals surface area contributed by atoms with Crippen LogP contribution in [0, 0.1) is 6.92 Å². The smallest absolute Gasteiger partial charge is 0.122 e. The Bertz CT molecular complexity index is 241. The second-order valence-corrected chi connectivity index (χ2v) is 3.64. The monoisotopic (exact) mass is 224 g/mol. The molecule has 0 aliphatic carbocycles. The van der Waals surface area contributed by atoms with Crippen molar-refractivity contribution < 1.29 is 4.74 Å². The number of benzene rings is 1. The summed E-state index contributed by atoms with van der Waals surface area (Å²) < 4.78 is 5.54. The van der Waals surface area contributed by atoms with Gasteiger partial charge in [-0.1, -0.05) is 52.3 Å². The predicted octanol–water partition coefficient (Wildman–Crippen LogP) is 5.22. The SMILES string of the molecule is CC.CCC.Cc1ccccc1OC(C)C. The average Bonchev–Trinajstić information content (AvgIpc) is 2.25. The molecule has 0 aliphatic heterocycles. The van der Waals surface area contributed by atoms with Crippen LogP contribution in [0.4, 0.5) is 0 Å². The summed E-state index contributed by atoms with van der Waals surface area (Å²) in [4.78, 5) is 0. The van der Waals surface area contributed by atoms with Crippen LogP contribution in [0.15, 0.2) is 24.3 Å². The van der Waals surface area contributed by atoms with Gasteiger partial charge in [0, 0.05) is 0 Å². The lowest BCUT2D eigenvalue weighted by Gasteiger charge is -2.11. The van der Waals surface area contributed by atoms with Crippen molar-refractivity contribution in [3.8, 4) is 5.75 Å². The highest BCUT2D eigenvalue weighted by Crippen LogP contribution is 2.17. The van der Waals surface area contributed by atoms with E-state index in [9.17, 15) is 0 Å². The third kappa shape index (κ3) is 9.57. The van der Waals surface area contributed by atoms with Gasteiger partial charge in [-0.25, -0.2) is 0 Å². The Kier molecular flexibility index (Phi) is 13.2. The fourth-order valence-corrected chi connectivity index (χ4v) is 0.943. The number of aryl methyl sites for hydroxylation is 1. The molecular weight excluding hydrogens is 196 g/mol. The summed E-state index contributed by atoms with van der Waals surface area (Å²) in [5.74, 6) is 0.988. The second kappa shape index (κ2) is 12.1. The normalized spacial score (nSPS) is 8.50. The zero-order chi connectivity index (χ0) is 13.0. The fraction of sp³-hybridized carbons (Fsp3) is 0.600. The minimum Gasteiger partial charge on any atom is -0.491 e. The third-order valence-electron chi connectivity index (χ3n) is 1.46. The molecule has 0 saturated heterocycles. The summed E-state index contributed by atoms with van der Waals surface area (Å²) in [6, 6.07) is 8.06. The van der Waals surface area contributed by atoms with Gasteiger partial charge in [0.15, 0.2) is 0 Å². The van der Waals surface area contributed by atoms with Gasteiger partial charge >= 0.3 is 0 Å². The van der Waals surface area contributed by atoms with Crippen LogP contribution in [-0.4, -0.2) is 6.10 Å². The van der Waals surface area contributed by atoms with Crippen LogP contribution in [0.1, 0.15) is 53.5 Å². The number of hydrogen-bond acceptors (Lipinski definition) is 1. The first kappa shape index (κ1) is 17.4. The Hall–Kier alpha value is -0.980. The molecule has 0 N–H and O–H groups in total. The molecule has 1 rings (SSSR count). The molecule has 0 amide bonds. The van der Waals surface area contributed by atoms with Gasteiger partial charge in [0.05, 0.1) is 6.10 Å². The van der Waals surface area contributed by atoms with Crippen LogP contribution in [-0.2, 0) is 0 Å². The Morgan fingerprint density at radius 3 is 1.88 bits per heavy atom. The zero-order valence-corrected chi connectivity index (χ0v) is 12.0. The van der Waals surface area contributed by atoms with Crippen molar-refractivity contribution in [1.29, 1.82) is 0 Å². The van der Waals surface area contributed by atoms with Gasteiger partial charge in [0.2, 0.25) is 0 Å². The van der Waals surface area contributed by atoms with Gasteiger partial charge in [0.25, 0.3) is 0 Å². The Labute approximate surface area is 102 Å². The molecule has 0 aromatic heterocycles. The van der Waals surface area contributed by atoms with E-state index in [1.807, 2.05) is 45.9 Å². The molecule has 16 heavy (non-hydrogen) atoms. The minimum atomic E-state index is 0.260. The van der Waals surface area contributed by atoms with E-state index in [1.54, 1.807) is 0 Å². The van der Waals surface area contributed by atoms with Gasteiger partial charge in [0.1, 0.15) is 5.75 Å². The van der Waals surface area contributed by atoms with Crippen LogP contribution in [0.2, 0.25) is 0 Å². The van der Waals surface area contributed by atoms with Crippen molar-refractivity contribution in [1.82, 2.24) is 0 Å². The van der Waals surface area contributed by atoms with Gasteiger partial charge in [-0.15, -0.1) is 0 Å². The maximum Gasteiger partial charge on any atom is 0.122 e. The van der Waals surface area contributed by atoms with Crippen molar-refractivity contribution in [2.45, 2.75) is 61.0 Å². The highest BCUT2D eigenvalue weighted by Gasteiger charge is 1.98. The first-order chi connectivity index (χ1) is 7.61. The first-order valence-electron chi connectivity index (χ1n) is 6.34. The first-order valence-corrected chi connectivity index (χ1v) is 6.34. The Morgan fingerprint density at radius 2 is 1.50 bits per heavy atom. The van der Waals surface area contributed by atoms with Crippen LogP contribution in [0.5, 0.6) is 5.75 Å². The van der Waals surface area contributed by atoms with Gasteiger partial charge in [-0.2, -0.15) is 0 Å². The second-order valence-electron chi connectivity index (χ2n) is 3.64. The maximum absolute atomic E-state index is 5.54. The fourth-order valence-electron chi connectivity index (χ4n) is 0.943. The molecular formula is C15H28O. The summed E-state index contributed by atoms with van der Waals surface area (Å²) >= 11 is 0. The molecule has 1 nitrogen and oxygen atoms in total. The van der Waals surface area contributed by atoms with E-state index in [0.717, 1.165) is 5.75 Å². The summed E-state index contributed by atoms with van der Waals surface area (Å²) in [6.07, 6.45) is 1.51. The largest absolute Gasteiger partial charge is 0.491 e. The van der Waals surface area contributed by atoms with Crippen molar-refractivity contribution in [3.05, 3.63) is 29.8 Å². The Morgan fingerprint density at radius 1 is 1.06 bits per heavy atom. The highest BCUT2D eigenvalue weighted by molar-refractivity contribution is 5.31. The molecule has 1 heteroatoms. The van der Waals surface area contributed by atoms with Crippen molar-refractivity contribution >= 4 is 0 Å². The van der Waals surface area contributed by atoms with Crippen LogP contribution < -0.4 is 4.74 Å². The van der Waals surface area contributed by atoms with Gasteiger partial charge < -0.3 is 4.74 Å². The molecule has 0 unspecified atom stereocenters. The third-order valence-corrected chi connectivity index (χ3v) is 1.46. The number of para-hydroxylation sites is 1. The minimum absolute atomic E-state index is 0.260. The standard InChI is InChI=1S/C10H14O.C3H8.C2H6/c1-8(2)11-10-7-5-4-6-9(10)3;1-3-2;1-2/h4-8H,1-3H3;3H2,1-2H3;1-2H3. The van der Waals surface area contributed by atoms with Crippen molar-refractivity contribution in [3.63, 3.8) is 0 Å². The molecule has 0 spiro atoms. The highest BCUT2D eigenvalue weighted by atomic mass is 16.5. The van der Waals surface area contributed by atoms with Crippen LogP contribution >= 0.6 is 0 Å². The number of hydrogen-bond donors (Lipinski definition) is 0. The molecule has 1 aromatic rings. The molecule has 0 bridgehead atoms. The molecule has 0 radical (unpaired) electrons. The van der Waals surface area contributed by atoms with Crippen molar-refractivity contribution in [2.75, 3.05) is 0 Å². The lowest BCUT2D eigenvalue weighted by Crippen LogP contribution is -2.06. The summed E-state index contributed by atoms with van der Waals surface area (Å²) in [7, 11) is 0. The lowest BCUT2D eigenvalue weighted by molar-refractivity contribution is 0.241. The average molecular weight is 224 g/mol. The molecule has 1 aromatic carbocycles. The van der Waals surface area contributed by atoms with Crippen LogP contribution in [0.3, 0.4) is 0 Å². The molecule has 0 heterocycles. The predicted molar refractivity (Wildman–Crippen MR) is 74.3 cm³/mol. The van der Waals surface area contributed by atoms with Crippen LogP contribution in [0.25, 0.3) is 0 Å². The van der Waals surface area contributed by atoms with E-state index in [2.05, 4.69) is 26.8 Å². The molecule has 0 aliphatic rings. The van der Waals surface area contributed by atoms with Gasteiger partial charge in [-0.3, -0.25) is 0 Å². The quantitative estimate of drug-likeness (QED) is 0.668. The maximum atomic E-state index is 5.54. The topological polar surface area (TPSA) is 9.23 Å². The van der Waals surface area contributed by atoms with E-state index in [4.69, 9.17) is 4.74 Å². The van der Waals surface area contributed by atoms with E-state index < -0.39 is 0 Å². The lowest BCUT2D eigenvalue weighted by atomic mass is 10.2. The van der Waals surface area contributed by atoms with Gasteiger partial charge in [-0.05, 0) is 32.4 Å². The summed E-state index contributed by atoms with van der Waals surface area (Å²) in [6.45, 7) is 14.4. The molecule has 0 saturated carbocycles.